The highest BCUT2D eigenvalue weighted by atomic mass is 32.2. The van der Waals surface area contributed by atoms with E-state index in [0.717, 1.165) is 12.1 Å². The Labute approximate surface area is 130 Å². The van der Waals surface area contributed by atoms with E-state index in [1.807, 2.05) is 0 Å². The molecule has 2 rings (SSSR count). The van der Waals surface area contributed by atoms with Crippen LogP contribution < -0.4 is 4.74 Å². The van der Waals surface area contributed by atoms with Crippen molar-refractivity contribution in [3.63, 3.8) is 0 Å². The predicted molar refractivity (Wildman–Crippen MR) is 76.7 cm³/mol. The number of para-hydroxylation sites is 1. The van der Waals surface area contributed by atoms with Crippen LogP contribution in [0.3, 0.4) is 0 Å². The summed E-state index contributed by atoms with van der Waals surface area (Å²) >= 11 is 0. The molecular formula is C14H10O8S. The summed E-state index contributed by atoms with van der Waals surface area (Å²) in [5.41, 5.74) is -1.81. The van der Waals surface area contributed by atoms with Crippen molar-refractivity contribution < 1.29 is 37.5 Å². The molecule has 0 aliphatic heterocycles. The van der Waals surface area contributed by atoms with Gasteiger partial charge in [0, 0.05) is 0 Å². The molecule has 0 saturated carbocycles. The van der Waals surface area contributed by atoms with E-state index in [1.54, 1.807) is 18.2 Å². The van der Waals surface area contributed by atoms with Crippen molar-refractivity contribution in [2.75, 3.05) is 0 Å². The second-order valence-electron chi connectivity index (χ2n) is 4.35. The van der Waals surface area contributed by atoms with Gasteiger partial charge in [-0.05, 0) is 24.3 Å². The fourth-order valence-electron chi connectivity index (χ4n) is 1.88. The fraction of sp³-hybridized carbons (Fsp3) is 0. The molecule has 0 heterocycles. The van der Waals surface area contributed by atoms with E-state index in [2.05, 4.69) is 0 Å². The standard InChI is InChI=1S/C14H10O8S/c15-13(16)10-6-9(22-8-4-2-1-3-5-8)7-11(14(17)18)12(10)23(19,20)21/h1-7H,(H,15,16)(H,17,18)(H,19,20,21). The first-order valence-corrected chi connectivity index (χ1v) is 7.49. The number of hydrogen-bond donors (Lipinski definition) is 3. The van der Waals surface area contributed by atoms with E-state index in [1.165, 1.54) is 12.1 Å². The van der Waals surface area contributed by atoms with E-state index < -0.39 is 38.1 Å². The summed E-state index contributed by atoms with van der Waals surface area (Å²) in [4.78, 5) is 21.3. The maximum absolute atomic E-state index is 11.3. The van der Waals surface area contributed by atoms with E-state index >= 15 is 0 Å². The molecule has 0 bridgehead atoms. The van der Waals surface area contributed by atoms with Gasteiger partial charge in [0.05, 0.1) is 11.1 Å². The van der Waals surface area contributed by atoms with E-state index in [9.17, 15) is 18.0 Å². The zero-order valence-corrected chi connectivity index (χ0v) is 12.1. The summed E-state index contributed by atoms with van der Waals surface area (Å²) in [7, 11) is -5.06. The van der Waals surface area contributed by atoms with Crippen LogP contribution in [0.4, 0.5) is 0 Å². The zero-order chi connectivity index (χ0) is 17.2. The fourth-order valence-corrected chi connectivity index (χ4v) is 2.73. The number of hydrogen-bond acceptors (Lipinski definition) is 5. The first-order chi connectivity index (χ1) is 10.7. The summed E-state index contributed by atoms with van der Waals surface area (Å²) < 4.78 is 37.1. The number of ether oxygens (including phenoxy) is 1. The highest BCUT2D eigenvalue weighted by Gasteiger charge is 2.29. The number of carboxylic acid groups (broad SMARTS) is 2. The Morgan fingerprint density at radius 1 is 0.870 bits per heavy atom. The zero-order valence-electron chi connectivity index (χ0n) is 11.3. The van der Waals surface area contributed by atoms with Gasteiger partial charge in [-0.15, -0.1) is 0 Å². The van der Waals surface area contributed by atoms with Crippen molar-refractivity contribution in [3.05, 3.63) is 53.6 Å². The molecule has 0 unspecified atom stereocenters. The van der Waals surface area contributed by atoms with Gasteiger partial charge in [-0.2, -0.15) is 8.42 Å². The van der Waals surface area contributed by atoms with Crippen LogP contribution in [0.25, 0.3) is 0 Å². The lowest BCUT2D eigenvalue weighted by Gasteiger charge is -2.11. The Balaban J connectivity index is 2.68. The summed E-state index contributed by atoms with van der Waals surface area (Å²) in [6.07, 6.45) is 0. The van der Waals surface area contributed by atoms with Crippen LogP contribution in [0, 0.1) is 0 Å². The Morgan fingerprint density at radius 2 is 1.35 bits per heavy atom. The van der Waals surface area contributed by atoms with Gasteiger partial charge in [0.1, 0.15) is 16.4 Å². The molecule has 0 radical (unpaired) electrons. The number of carboxylic acids is 2. The van der Waals surface area contributed by atoms with Gasteiger partial charge in [0.2, 0.25) is 0 Å². The van der Waals surface area contributed by atoms with Crippen LogP contribution in [0.2, 0.25) is 0 Å². The second kappa shape index (κ2) is 6.07. The molecular weight excluding hydrogens is 328 g/mol. The van der Waals surface area contributed by atoms with Gasteiger partial charge in [0.15, 0.2) is 0 Å². The summed E-state index contributed by atoms with van der Waals surface area (Å²) in [5, 5.41) is 18.2. The van der Waals surface area contributed by atoms with Gasteiger partial charge < -0.3 is 14.9 Å². The Morgan fingerprint density at radius 3 is 1.74 bits per heavy atom. The van der Waals surface area contributed by atoms with Crippen LogP contribution >= 0.6 is 0 Å². The minimum atomic E-state index is -5.06. The Kier molecular flexibility index (Phi) is 4.34. The lowest BCUT2D eigenvalue weighted by molar-refractivity contribution is 0.0687. The average Bonchev–Trinajstić information content (AvgIpc) is 2.46. The van der Waals surface area contributed by atoms with E-state index in [-0.39, 0.29) is 5.75 Å². The minimum absolute atomic E-state index is 0.196. The SMILES string of the molecule is O=C(O)c1cc(Oc2ccccc2)cc(C(=O)O)c1S(=O)(=O)O. The molecule has 120 valence electrons. The molecule has 0 spiro atoms. The molecule has 0 amide bonds. The first kappa shape index (κ1) is 16.5. The average molecular weight is 338 g/mol. The van der Waals surface area contributed by atoms with Crippen LogP contribution in [-0.4, -0.2) is 35.1 Å². The maximum Gasteiger partial charge on any atom is 0.337 e. The molecule has 9 heteroatoms. The molecule has 0 atom stereocenters. The third-order valence-electron chi connectivity index (χ3n) is 2.76. The summed E-state index contributed by atoms with van der Waals surface area (Å²) in [5.74, 6) is -3.35. The molecule has 3 N–H and O–H groups in total. The minimum Gasteiger partial charge on any atom is -0.478 e. The molecule has 0 saturated heterocycles. The largest absolute Gasteiger partial charge is 0.478 e. The quantitative estimate of drug-likeness (QED) is 0.705. The van der Waals surface area contributed by atoms with Crippen molar-refractivity contribution in [1.82, 2.24) is 0 Å². The number of rotatable bonds is 5. The summed E-state index contributed by atoms with van der Waals surface area (Å²) in [6, 6.07) is 9.71. The molecule has 2 aromatic rings. The normalized spacial score (nSPS) is 11.0. The number of carbonyl (C=O) groups is 2. The van der Waals surface area contributed by atoms with Crippen LogP contribution in [0.1, 0.15) is 20.7 Å². The Hall–Kier alpha value is -2.91. The topological polar surface area (TPSA) is 138 Å². The Bertz CT molecular complexity index is 836. The molecule has 0 fully saturated rings. The molecule has 8 nitrogen and oxygen atoms in total. The van der Waals surface area contributed by atoms with Gasteiger partial charge >= 0.3 is 11.9 Å². The van der Waals surface area contributed by atoms with E-state index in [0.29, 0.717) is 5.75 Å². The van der Waals surface area contributed by atoms with E-state index in [4.69, 9.17) is 19.5 Å². The van der Waals surface area contributed by atoms with Crippen molar-refractivity contribution in [2.45, 2.75) is 4.90 Å². The van der Waals surface area contributed by atoms with Gasteiger partial charge in [-0.1, -0.05) is 18.2 Å². The lowest BCUT2D eigenvalue weighted by atomic mass is 10.1. The van der Waals surface area contributed by atoms with Crippen molar-refractivity contribution in [1.29, 1.82) is 0 Å². The van der Waals surface area contributed by atoms with Crippen LogP contribution in [0.15, 0.2) is 47.4 Å². The molecule has 23 heavy (non-hydrogen) atoms. The predicted octanol–water partition coefficient (Wildman–Crippen LogP) is 2.12. The first-order valence-electron chi connectivity index (χ1n) is 6.05. The number of benzene rings is 2. The van der Waals surface area contributed by atoms with Gasteiger partial charge in [-0.25, -0.2) is 9.59 Å². The van der Waals surface area contributed by atoms with Crippen LogP contribution in [-0.2, 0) is 10.1 Å². The molecule has 2 aromatic carbocycles. The van der Waals surface area contributed by atoms with Crippen LogP contribution in [0.5, 0.6) is 11.5 Å². The molecule has 0 aliphatic carbocycles. The van der Waals surface area contributed by atoms with Crippen molar-refractivity contribution >= 4 is 22.1 Å². The second-order valence-corrected chi connectivity index (χ2v) is 5.71. The van der Waals surface area contributed by atoms with Gasteiger partial charge in [-0.3, -0.25) is 4.55 Å². The van der Waals surface area contributed by atoms with Crippen molar-refractivity contribution in [3.8, 4) is 11.5 Å². The maximum atomic E-state index is 11.3. The number of aromatic carboxylic acids is 2. The molecule has 0 aromatic heterocycles. The third-order valence-corrected chi connectivity index (χ3v) is 3.72. The highest BCUT2D eigenvalue weighted by Crippen LogP contribution is 2.30. The van der Waals surface area contributed by atoms with Gasteiger partial charge in [0.25, 0.3) is 10.1 Å². The third kappa shape index (κ3) is 3.65. The highest BCUT2D eigenvalue weighted by molar-refractivity contribution is 7.86. The summed E-state index contributed by atoms with van der Waals surface area (Å²) in [6.45, 7) is 0. The smallest absolute Gasteiger partial charge is 0.337 e. The monoisotopic (exact) mass is 338 g/mol. The van der Waals surface area contributed by atoms with Crippen molar-refractivity contribution in [2.24, 2.45) is 0 Å². The lowest BCUT2D eigenvalue weighted by Crippen LogP contribution is -2.14. The molecule has 0 aliphatic rings.